The first-order valence-electron chi connectivity index (χ1n) is 6.04. The second-order valence-electron chi connectivity index (χ2n) is 4.27. The molecule has 3 aromatic rings. The Morgan fingerprint density at radius 2 is 2.05 bits per heavy atom. The van der Waals surface area contributed by atoms with E-state index in [0.717, 1.165) is 11.0 Å². The third-order valence-corrected chi connectivity index (χ3v) is 3.06. The highest BCUT2D eigenvalue weighted by Gasteiger charge is 2.07. The van der Waals surface area contributed by atoms with E-state index in [0.29, 0.717) is 10.8 Å². The summed E-state index contributed by atoms with van der Waals surface area (Å²) < 4.78 is 1.79. The van der Waals surface area contributed by atoms with E-state index in [1.807, 2.05) is 24.3 Å². The Hall–Kier alpha value is -2.40. The Morgan fingerprint density at radius 1 is 1.20 bits per heavy atom. The number of fused-ring (bicyclic) bond motifs is 1. The van der Waals surface area contributed by atoms with Crippen LogP contribution in [0.5, 0.6) is 0 Å². The van der Waals surface area contributed by atoms with Crippen LogP contribution >= 0.6 is 11.6 Å². The summed E-state index contributed by atoms with van der Waals surface area (Å²) in [5, 5.41) is 3.25. The largest absolute Gasteiger partial charge is 0.321 e. The van der Waals surface area contributed by atoms with Crippen LogP contribution in [0.1, 0.15) is 0 Å². The van der Waals surface area contributed by atoms with Gasteiger partial charge in [-0.1, -0.05) is 23.7 Å². The number of hydrogen-bond donors (Lipinski definition) is 1. The fraction of sp³-hybridized carbons (Fsp3) is 0.0714. The van der Waals surface area contributed by atoms with Crippen molar-refractivity contribution in [3.8, 4) is 0 Å². The van der Waals surface area contributed by atoms with Crippen molar-refractivity contribution in [2.45, 2.75) is 6.54 Å². The van der Waals surface area contributed by atoms with Crippen molar-refractivity contribution in [3.05, 3.63) is 53.9 Å². The lowest BCUT2D eigenvalue weighted by Gasteiger charge is -2.06. The molecule has 100 valence electrons. The van der Waals surface area contributed by atoms with Crippen molar-refractivity contribution in [2.24, 2.45) is 0 Å². The first-order valence-corrected chi connectivity index (χ1v) is 6.41. The van der Waals surface area contributed by atoms with Crippen LogP contribution in [0.4, 0.5) is 5.82 Å². The number of para-hydroxylation sites is 2. The summed E-state index contributed by atoms with van der Waals surface area (Å²) in [6.45, 7) is 0.185. The van der Waals surface area contributed by atoms with Gasteiger partial charge >= 0.3 is 0 Å². The SMILES string of the molecule is O=C(Cn1cnc2ccccc21)Nc1ccc(Cl)cn1. The molecule has 5 nitrogen and oxygen atoms in total. The number of nitrogens with one attached hydrogen (secondary N) is 1. The standard InChI is InChI=1S/C14H11ClN4O/c15-10-5-6-13(16-7-10)18-14(20)8-19-9-17-11-3-1-2-4-12(11)19/h1-7,9H,8H2,(H,16,18,20). The molecule has 0 spiro atoms. The third-order valence-electron chi connectivity index (χ3n) is 2.84. The van der Waals surface area contributed by atoms with Crippen LogP contribution in [0.25, 0.3) is 11.0 Å². The maximum Gasteiger partial charge on any atom is 0.245 e. The van der Waals surface area contributed by atoms with Crippen LogP contribution in [0.3, 0.4) is 0 Å². The van der Waals surface area contributed by atoms with Crippen molar-refractivity contribution in [3.63, 3.8) is 0 Å². The molecular weight excluding hydrogens is 276 g/mol. The molecule has 0 unspecified atom stereocenters. The topological polar surface area (TPSA) is 59.8 Å². The maximum absolute atomic E-state index is 12.0. The van der Waals surface area contributed by atoms with Gasteiger partial charge in [0, 0.05) is 6.20 Å². The van der Waals surface area contributed by atoms with Gasteiger partial charge in [0.15, 0.2) is 0 Å². The molecule has 0 bridgehead atoms. The minimum absolute atomic E-state index is 0.164. The lowest BCUT2D eigenvalue weighted by Crippen LogP contribution is -2.18. The molecule has 0 atom stereocenters. The number of amides is 1. The second-order valence-corrected chi connectivity index (χ2v) is 4.71. The highest BCUT2D eigenvalue weighted by Crippen LogP contribution is 2.12. The third kappa shape index (κ3) is 2.62. The van der Waals surface area contributed by atoms with E-state index in [4.69, 9.17) is 11.6 Å². The van der Waals surface area contributed by atoms with E-state index < -0.39 is 0 Å². The molecule has 2 heterocycles. The van der Waals surface area contributed by atoms with Crippen LogP contribution < -0.4 is 5.32 Å². The fourth-order valence-electron chi connectivity index (χ4n) is 1.92. The average molecular weight is 287 g/mol. The minimum Gasteiger partial charge on any atom is -0.321 e. The zero-order chi connectivity index (χ0) is 13.9. The van der Waals surface area contributed by atoms with Crippen molar-refractivity contribution in [2.75, 3.05) is 5.32 Å². The second kappa shape index (κ2) is 5.30. The minimum atomic E-state index is -0.164. The summed E-state index contributed by atoms with van der Waals surface area (Å²) in [6, 6.07) is 11.0. The molecule has 20 heavy (non-hydrogen) atoms. The molecule has 1 aromatic carbocycles. The number of nitrogens with zero attached hydrogens (tertiary/aromatic N) is 3. The molecule has 0 aliphatic carbocycles. The van der Waals surface area contributed by atoms with Crippen molar-refractivity contribution < 1.29 is 4.79 Å². The van der Waals surface area contributed by atoms with Crippen LogP contribution in [0.2, 0.25) is 5.02 Å². The Labute approximate surface area is 120 Å². The van der Waals surface area contributed by atoms with Gasteiger partial charge in [0.05, 0.1) is 22.4 Å². The van der Waals surface area contributed by atoms with Crippen LogP contribution in [0.15, 0.2) is 48.9 Å². The number of benzene rings is 1. The number of rotatable bonds is 3. The van der Waals surface area contributed by atoms with E-state index in [1.54, 1.807) is 23.0 Å². The van der Waals surface area contributed by atoms with E-state index in [-0.39, 0.29) is 12.5 Å². The molecule has 0 aliphatic rings. The zero-order valence-corrected chi connectivity index (χ0v) is 11.2. The van der Waals surface area contributed by atoms with Gasteiger partial charge in [-0.2, -0.15) is 0 Å². The van der Waals surface area contributed by atoms with Gasteiger partial charge in [-0.25, -0.2) is 9.97 Å². The first kappa shape index (κ1) is 12.6. The molecule has 1 N–H and O–H groups in total. The van der Waals surface area contributed by atoms with Crippen LogP contribution in [-0.4, -0.2) is 20.4 Å². The normalized spacial score (nSPS) is 10.7. The van der Waals surface area contributed by atoms with Gasteiger partial charge < -0.3 is 9.88 Å². The summed E-state index contributed by atoms with van der Waals surface area (Å²) in [6.07, 6.45) is 3.14. The fourth-order valence-corrected chi connectivity index (χ4v) is 2.03. The summed E-state index contributed by atoms with van der Waals surface area (Å²) in [7, 11) is 0. The maximum atomic E-state index is 12.0. The summed E-state index contributed by atoms with van der Waals surface area (Å²) in [5.74, 6) is 0.312. The molecule has 6 heteroatoms. The summed E-state index contributed by atoms with van der Waals surface area (Å²) in [5.41, 5.74) is 1.79. The number of aromatic nitrogens is 3. The van der Waals surface area contributed by atoms with Crippen molar-refractivity contribution in [1.82, 2.24) is 14.5 Å². The van der Waals surface area contributed by atoms with E-state index in [1.165, 1.54) is 6.20 Å². The number of hydrogen-bond acceptors (Lipinski definition) is 3. The van der Waals surface area contributed by atoms with Gasteiger partial charge in [-0.3, -0.25) is 4.79 Å². The number of halogens is 1. The highest BCUT2D eigenvalue weighted by molar-refractivity contribution is 6.30. The molecule has 0 saturated heterocycles. The van der Waals surface area contributed by atoms with Crippen molar-refractivity contribution >= 4 is 34.4 Å². The van der Waals surface area contributed by atoms with E-state index >= 15 is 0 Å². The first-order chi connectivity index (χ1) is 9.72. The van der Waals surface area contributed by atoms with Crippen LogP contribution in [-0.2, 0) is 11.3 Å². The van der Waals surface area contributed by atoms with Crippen molar-refractivity contribution in [1.29, 1.82) is 0 Å². The molecular formula is C14H11ClN4O. The summed E-state index contributed by atoms with van der Waals surface area (Å²) in [4.78, 5) is 20.2. The quantitative estimate of drug-likeness (QED) is 0.805. The molecule has 3 rings (SSSR count). The highest BCUT2D eigenvalue weighted by atomic mass is 35.5. The number of imidazole rings is 1. The number of anilines is 1. The Kier molecular flexibility index (Phi) is 3.35. The molecule has 0 saturated carbocycles. The lowest BCUT2D eigenvalue weighted by atomic mass is 10.3. The van der Waals surface area contributed by atoms with Gasteiger partial charge in [-0.05, 0) is 24.3 Å². The monoisotopic (exact) mass is 286 g/mol. The van der Waals surface area contributed by atoms with E-state index in [2.05, 4.69) is 15.3 Å². The Bertz CT molecular complexity index is 751. The molecule has 2 aromatic heterocycles. The number of pyridine rings is 1. The van der Waals surface area contributed by atoms with Gasteiger partial charge in [0.2, 0.25) is 5.91 Å². The molecule has 0 radical (unpaired) electrons. The molecule has 0 fully saturated rings. The smallest absolute Gasteiger partial charge is 0.245 e. The Morgan fingerprint density at radius 3 is 2.85 bits per heavy atom. The van der Waals surface area contributed by atoms with Gasteiger partial charge in [0.1, 0.15) is 12.4 Å². The van der Waals surface area contributed by atoms with Gasteiger partial charge in [0.25, 0.3) is 0 Å². The zero-order valence-electron chi connectivity index (χ0n) is 10.5. The molecule has 1 amide bonds. The lowest BCUT2D eigenvalue weighted by molar-refractivity contribution is -0.116. The van der Waals surface area contributed by atoms with E-state index in [9.17, 15) is 4.79 Å². The van der Waals surface area contributed by atoms with Crippen LogP contribution in [0, 0.1) is 0 Å². The predicted octanol–water partition coefficient (Wildman–Crippen LogP) is 2.72. The predicted molar refractivity (Wildman–Crippen MR) is 77.6 cm³/mol. The Balaban J connectivity index is 1.74. The molecule has 0 aliphatic heterocycles. The van der Waals surface area contributed by atoms with Gasteiger partial charge in [-0.15, -0.1) is 0 Å². The average Bonchev–Trinajstić information content (AvgIpc) is 2.85. The summed E-state index contributed by atoms with van der Waals surface area (Å²) >= 11 is 5.74. The number of carbonyl (C=O) groups is 1. The number of carbonyl (C=O) groups excluding carboxylic acids is 1.